The molecule has 0 aliphatic heterocycles. The molecule has 0 radical (unpaired) electrons. The van der Waals surface area contributed by atoms with Gasteiger partial charge in [0.15, 0.2) is 0 Å². The Morgan fingerprint density at radius 2 is 1.88 bits per heavy atom. The van der Waals surface area contributed by atoms with Crippen molar-refractivity contribution >= 4 is 10.0 Å². The SMILES string of the molecule is COCCCCCNS(=O)(=O)CCCCO. The van der Waals surface area contributed by atoms with Crippen LogP contribution in [0.3, 0.4) is 0 Å². The number of aliphatic hydroxyl groups is 1. The van der Waals surface area contributed by atoms with Gasteiger partial charge >= 0.3 is 0 Å². The number of sulfonamides is 1. The number of hydrogen-bond acceptors (Lipinski definition) is 4. The van der Waals surface area contributed by atoms with E-state index in [0.717, 1.165) is 25.9 Å². The van der Waals surface area contributed by atoms with Crippen molar-refractivity contribution in [3.05, 3.63) is 0 Å². The van der Waals surface area contributed by atoms with Crippen molar-refractivity contribution in [3.63, 3.8) is 0 Å². The average Bonchev–Trinajstić information content (AvgIpc) is 2.23. The molecule has 0 heterocycles. The van der Waals surface area contributed by atoms with E-state index in [1.54, 1.807) is 7.11 Å². The zero-order chi connectivity index (χ0) is 12.3. The van der Waals surface area contributed by atoms with Gasteiger partial charge in [0.25, 0.3) is 0 Å². The highest BCUT2D eigenvalue weighted by molar-refractivity contribution is 7.89. The van der Waals surface area contributed by atoms with E-state index >= 15 is 0 Å². The van der Waals surface area contributed by atoms with Crippen molar-refractivity contribution in [2.75, 3.05) is 32.6 Å². The number of ether oxygens (including phenoxy) is 1. The fourth-order valence-corrected chi connectivity index (χ4v) is 2.44. The van der Waals surface area contributed by atoms with E-state index in [1.165, 1.54) is 0 Å². The molecular formula is C10H23NO4S. The zero-order valence-electron chi connectivity index (χ0n) is 9.94. The maximum Gasteiger partial charge on any atom is 0.211 e. The summed E-state index contributed by atoms with van der Waals surface area (Å²) in [6.07, 6.45) is 3.81. The predicted octanol–water partition coefficient (Wildman–Crippen LogP) is 0.495. The summed E-state index contributed by atoms with van der Waals surface area (Å²) in [6.45, 7) is 1.26. The molecule has 0 aliphatic rings. The Morgan fingerprint density at radius 1 is 1.12 bits per heavy atom. The Labute approximate surface area is 98.2 Å². The van der Waals surface area contributed by atoms with Crippen molar-refractivity contribution in [2.24, 2.45) is 0 Å². The average molecular weight is 253 g/mol. The summed E-state index contributed by atoms with van der Waals surface area (Å²) in [4.78, 5) is 0. The summed E-state index contributed by atoms with van der Waals surface area (Å²) in [5, 5.41) is 8.53. The van der Waals surface area contributed by atoms with Crippen LogP contribution in [0.2, 0.25) is 0 Å². The molecule has 98 valence electrons. The topological polar surface area (TPSA) is 75.6 Å². The lowest BCUT2D eigenvalue weighted by Gasteiger charge is -2.05. The second kappa shape index (κ2) is 10.0. The molecule has 0 amide bonds. The molecule has 0 aromatic carbocycles. The van der Waals surface area contributed by atoms with Gasteiger partial charge in [-0.05, 0) is 32.1 Å². The van der Waals surface area contributed by atoms with Crippen molar-refractivity contribution in [2.45, 2.75) is 32.1 Å². The summed E-state index contributed by atoms with van der Waals surface area (Å²) < 4.78 is 30.2. The van der Waals surface area contributed by atoms with Gasteiger partial charge in [0.2, 0.25) is 10.0 Å². The lowest BCUT2D eigenvalue weighted by Crippen LogP contribution is -2.27. The Morgan fingerprint density at radius 3 is 2.50 bits per heavy atom. The largest absolute Gasteiger partial charge is 0.396 e. The maximum absolute atomic E-state index is 11.4. The third-order valence-electron chi connectivity index (χ3n) is 2.17. The van der Waals surface area contributed by atoms with Gasteiger partial charge < -0.3 is 9.84 Å². The van der Waals surface area contributed by atoms with Crippen molar-refractivity contribution in [1.29, 1.82) is 0 Å². The molecule has 0 bridgehead atoms. The monoisotopic (exact) mass is 253 g/mol. The van der Waals surface area contributed by atoms with Crippen LogP contribution in [-0.4, -0.2) is 46.1 Å². The van der Waals surface area contributed by atoms with Crippen LogP contribution < -0.4 is 4.72 Å². The highest BCUT2D eigenvalue weighted by Crippen LogP contribution is 1.97. The van der Waals surface area contributed by atoms with Crippen LogP contribution in [0, 0.1) is 0 Å². The van der Waals surface area contributed by atoms with E-state index in [0.29, 0.717) is 19.4 Å². The fourth-order valence-electron chi connectivity index (χ4n) is 1.25. The Kier molecular flexibility index (Phi) is 9.91. The van der Waals surface area contributed by atoms with E-state index in [2.05, 4.69) is 4.72 Å². The van der Waals surface area contributed by atoms with Gasteiger partial charge in [0, 0.05) is 26.9 Å². The molecule has 0 unspecified atom stereocenters. The van der Waals surface area contributed by atoms with E-state index < -0.39 is 10.0 Å². The molecule has 0 rings (SSSR count). The minimum absolute atomic E-state index is 0.0482. The van der Waals surface area contributed by atoms with Gasteiger partial charge in [0.1, 0.15) is 0 Å². The molecule has 0 spiro atoms. The number of nitrogens with one attached hydrogen (secondary N) is 1. The first-order valence-electron chi connectivity index (χ1n) is 5.69. The van der Waals surface area contributed by atoms with Crippen LogP contribution in [0.1, 0.15) is 32.1 Å². The van der Waals surface area contributed by atoms with Crippen molar-refractivity contribution < 1.29 is 18.3 Å². The van der Waals surface area contributed by atoms with E-state index in [4.69, 9.17) is 9.84 Å². The number of aliphatic hydroxyl groups excluding tert-OH is 1. The van der Waals surface area contributed by atoms with Gasteiger partial charge in [-0.25, -0.2) is 13.1 Å². The Bertz CT molecular complexity index is 241. The second-order valence-electron chi connectivity index (χ2n) is 3.70. The normalized spacial score (nSPS) is 11.9. The van der Waals surface area contributed by atoms with E-state index in [9.17, 15) is 8.42 Å². The summed E-state index contributed by atoms with van der Waals surface area (Å²) in [7, 11) is -1.48. The summed E-state index contributed by atoms with van der Waals surface area (Å²) in [6, 6.07) is 0. The molecule has 0 saturated carbocycles. The first-order chi connectivity index (χ1) is 7.62. The highest BCUT2D eigenvalue weighted by atomic mass is 32.2. The molecule has 5 nitrogen and oxygen atoms in total. The quantitative estimate of drug-likeness (QED) is 0.526. The first kappa shape index (κ1) is 15.8. The van der Waals surface area contributed by atoms with E-state index in [1.807, 2.05) is 0 Å². The van der Waals surface area contributed by atoms with Gasteiger partial charge in [-0.3, -0.25) is 0 Å². The Balaban J connectivity index is 3.43. The fraction of sp³-hybridized carbons (Fsp3) is 1.00. The third kappa shape index (κ3) is 10.4. The van der Waals surface area contributed by atoms with Crippen LogP contribution in [-0.2, 0) is 14.8 Å². The van der Waals surface area contributed by atoms with Crippen LogP contribution in [0.15, 0.2) is 0 Å². The number of unbranched alkanes of at least 4 members (excludes halogenated alkanes) is 3. The van der Waals surface area contributed by atoms with Crippen LogP contribution in [0.25, 0.3) is 0 Å². The molecule has 0 aliphatic carbocycles. The van der Waals surface area contributed by atoms with Crippen LogP contribution in [0.5, 0.6) is 0 Å². The van der Waals surface area contributed by atoms with Crippen molar-refractivity contribution in [1.82, 2.24) is 4.72 Å². The standard InChI is InChI=1S/C10H23NO4S/c1-15-9-5-2-3-7-11-16(13,14)10-6-4-8-12/h11-12H,2-10H2,1H3. The molecule has 0 atom stereocenters. The molecular weight excluding hydrogens is 230 g/mol. The van der Waals surface area contributed by atoms with Gasteiger partial charge in [0.05, 0.1) is 5.75 Å². The minimum atomic E-state index is -3.14. The molecule has 0 aromatic rings. The molecule has 16 heavy (non-hydrogen) atoms. The summed E-state index contributed by atoms with van der Waals surface area (Å²) in [5.74, 6) is 0.103. The first-order valence-corrected chi connectivity index (χ1v) is 7.35. The highest BCUT2D eigenvalue weighted by Gasteiger charge is 2.07. The van der Waals surface area contributed by atoms with Gasteiger partial charge in [-0.2, -0.15) is 0 Å². The second-order valence-corrected chi connectivity index (χ2v) is 5.62. The third-order valence-corrected chi connectivity index (χ3v) is 3.64. The lowest BCUT2D eigenvalue weighted by atomic mass is 10.2. The van der Waals surface area contributed by atoms with Crippen LogP contribution in [0.4, 0.5) is 0 Å². The van der Waals surface area contributed by atoms with E-state index in [-0.39, 0.29) is 12.4 Å². The summed E-state index contributed by atoms with van der Waals surface area (Å²) >= 11 is 0. The molecule has 6 heteroatoms. The van der Waals surface area contributed by atoms with Crippen LogP contribution >= 0.6 is 0 Å². The van der Waals surface area contributed by atoms with Gasteiger partial charge in [-0.15, -0.1) is 0 Å². The summed E-state index contributed by atoms with van der Waals surface area (Å²) in [5.41, 5.74) is 0. The molecule has 2 N–H and O–H groups in total. The smallest absolute Gasteiger partial charge is 0.211 e. The van der Waals surface area contributed by atoms with Gasteiger partial charge in [-0.1, -0.05) is 0 Å². The molecule has 0 aromatic heterocycles. The minimum Gasteiger partial charge on any atom is -0.396 e. The number of methoxy groups -OCH3 is 1. The van der Waals surface area contributed by atoms with Crippen molar-refractivity contribution in [3.8, 4) is 0 Å². The zero-order valence-corrected chi connectivity index (χ0v) is 10.8. The lowest BCUT2D eigenvalue weighted by molar-refractivity contribution is 0.192. The molecule has 0 fully saturated rings. The number of hydrogen-bond donors (Lipinski definition) is 2. The Hall–Kier alpha value is -0.170. The number of rotatable bonds is 11. The predicted molar refractivity (Wildman–Crippen MR) is 63.8 cm³/mol. The molecule has 0 saturated heterocycles. The maximum atomic E-state index is 11.4.